The number of rotatable bonds is 3. The lowest BCUT2D eigenvalue weighted by Gasteiger charge is -2.26. The van der Waals surface area contributed by atoms with Crippen molar-refractivity contribution in [3.8, 4) is 5.95 Å². The maximum absolute atomic E-state index is 10.9. The first-order chi connectivity index (χ1) is 12.0. The lowest BCUT2D eigenvalue weighted by molar-refractivity contribution is 0.134. The van der Waals surface area contributed by atoms with E-state index in [1.54, 1.807) is 14.2 Å². The first-order valence-corrected chi connectivity index (χ1v) is 10.9. The van der Waals surface area contributed by atoms with Crippen molar-refractivity contribution in [1.29, 1.82) is 0 Å². The molecule has 1 aromatic rings. The fraction of sp³-hybridized carbons (Fsp3) is 0.684. The summed E-state index contributed by atoms with van der Waals surface area (Å²) in [4.78, 5) is 0. The fourth-order valence-corrected chi connectivity index (χ4v) is 8.14. The Bertz CT molecular complexity index is 703. The third-order valence-corrected chi connectivity index (χ3v) is 9.59. The van der Waals surface area contributed by atoms with Crippen molar-refractivity contribution < 1.29 is 19.0 Å². The van der Waals surface area contributed by atoms with Gasteiger partial charge in [-0.15, -0.1) is 23.5 Å². The highest BCUT2D eigenvalue weighted by molar-refractivity contribution is 8.21. The largest absolute Gasteiger partial charge is 0.468 e. The Morgan fingerprint density at radius 3 is 2.64 bits per heavy atom. The minimum absolute atomic E-state index is 0.190. The highest BCUT2D eigenvalue weighted by Crippen LogP contribution is 2.64. The van der Waals surface area contributed by atoms with Gasteiger partial charge in [-0.25, -0.2) is 0 Å². The molecular weight excluding hydrogens is 356 g/mol. The molecule has 6 heteroatoms. The molecule has 1 fully saturated rings. The Kier molecular flexibility index (Phi) is 4.67. The Morgan fingerprint density at radius 1 is 1.28 bits per heavy atom. The fourth-order valence-electron chi connectivity index (χ4n) is 4.73. The molecule has 2 aliphatic carbocycles. The van der Waals surface area contributed by atoms with E-state index >= 15 is 0 Å². The zero-order chi connectivity index (χ0) is 17.8. The number of hydrogen-bond acceptors (Lipinski definition) is 6. The normalized spacial score (nSPS) is 30.5. The summed E-state index contributed by atoms with van der Waals surface area (Å²) in [5.74, 6) is 4.59. The zero-order valence-corrected chi connectivity index (χ0v) is 16.9. The van der Waals surface area contributed by atoms with E-state index in [1.165, 1.54) is 22.7 Å². The molecule has 0 radical (unpaired) electrons. The van der Waals surface area contributed by atoms with Crippen molar-refractivity contribution in [3.63, 3.8) is 0 Å². The molecule has 138 valence electrons. The first kappa shape index (κ1) is 17.8. The Morgan fingerprint density at radius 2 is 2.00 bits per heavy atom. The molecular formula is C19H26O4S2. The van der Waals surface area contributed by atoms with Crippen LogP contribution in [0.15, 0.2) is 9.99 Å². The smallest absolute Gasteiger partial charge is 0.290 e. The van der Waals surface area contributed by atoms with Gasteiger partial charge in [0, 0.05) is 24.2 Å². The van der Waals surface area contributed by atoms with Gasteiger partial charge in [0.05, 0.1) is 29.5 Å². The number of methoxy groups -OCH3 is 2. The number of aliphatic hydroxyl groups excluding tert-OH is 1. The van der Waals surface area contributed by atoms with Crippen molar-refractivity contribution in [2.45, 2.75) is 43.5 Å². The van der Waals surface area contributed by atoms with E-state index in [1.807, 2.05) is 0 Å². The van der Waals surface area contributed by atoms with Crippen LogP contribution in [0, 0.1) is 11.8 Å². The molecule has 1 aliphatic heterocycles. The molecule has 1 aromatic heterocycles. The van der Waals surface area contributed by atoms with Crippen LogP contribution in [0.4, 0.5) is 0 Å². The number of ether oxygens (including phenoxy) is 2. The molecule has 1 spiro atoms. The predicted octanol–water partition coefficient (Wildman–Crippen LogP) is 4.48. The van der Waals surface area contributed by atoms with Gasteiger partial charge in [0.1, 0.15) is 5.76 Å². The van der Waals surface area contributed by atoms with Gasteiger partial charge in [0.25, 0.3) is 5.95 Å². The summed E-state index contributed by atoms with van der Waals surface area (Å²) in [6.07, 6.45) is 1.35. The van der Waals surface area contributed by atoms with Crippen molar-refractivity contribution in [2.75, 3.05) is 25.7 Å². The van der Waals surface area contributed by atoms with Gasteiger partial charge in [0.2, 0.25) is 0 Å². The SMILES string of the molecule is COCc1c(OC)oc2c1C(O)C[C@H](C)[C@H]1CC3(SCCS3)C(C)=C21. The lowest BCUT2D eigenvalue weighted by Crippen LogP contribution is -2.19. The minimum Gasteiger partial charge on any atom is -0.468 e. The highest BCUT2D eigenvalue weighted by atomic mass is 32.2. The number of allylic oxidation sites excluding steroid dienone is 1. The van der Waals surface area contributed by atoms with E-state index in [0.717, 1.165) is 29.7 Å². The van der Waals surface area contributed by atoms with Crippen molar-refractivity contribution >= 4 is 29.1 Å². The molecule has 1 N–H and O–H groups in total. The van der Waals surface area contributed by atoms with Crippen LogP contribution >= 0.6 is 23.5 Å². The standard InChI is InChI=1S/C19H26O4S2/c1-10-7-14(20)16-13(9-21-3)18(22-4)23-17(16)15-11(2)19(8-12(10)15)24-5-6-25-19/h10,12,14,20H,5-9H2,1-4H3/t10-,12+,14?/m0/s1. The molecule has 25 heavy (non-hydrogen) atoms. The van der Waals surface area contributed by atoms with E-state index in [0.29, 0.717) is 24.4 Å². The number of thioether (sulfide) groups is 2. The molecule has 2 heterocycles. The predicted molar refractivity (Wildman–Crippen MR) is 103 cm³/mol. The van der Waals surface area contributed by atoms with Gasteiger partial charge in [-0.3, -0.25) is 0 Å². The molecule has 1 unspecified atom stereocenters. The number of furan rings is 1. The van der Waals surface area contributed by atoms with Crippen LogP contribution in [0.2, 0.25) is 0 Å². The van der Waals surface area contributed by atoms with Gasteiger partial charge in [-0.05, 0) is 42.7 Å². The van der Waals surface area contributed by atoms with Gasteiger partial charge >= 0.3 is 0 Å². The summed E-state index contributed by atoms with van der Waals surface area (Å²) in [5.41, 5.74) is 4.47. The van der Waals surface area contributed by atoms with Gasteiger partial charge in [-0.2, -0.15) is 0 Å². The third-order valence-electron chi connectivity index (χ3n) is 5.93. The van der Waals surface area contributed by atoms with E-state index in [9.17, 15) is 5.11 Å². The molecule has 4 nitrogen and oxygen atoms in total. The molecule has 3 atom stereocenters. The van der Waals surface area contributed by atoms with Crippen LogP contribution in [0.3, 0.4) is 0 Å². The van der Waals surface area contributed by atoms with Gasteiger partial charge < -0.3 is 19.0 Å². The number of fused-ring (bicyclic) bond motifs is 3. The zero-order valence-electron chi connectivity index (χ0n) is 15.3. The van der Waals surface area contributed by atoms with Crippen LogP contribution < -0.4 is 4.74 Å². The highest BCUT2D eigenvalue weighted by Gasteiger charge is 2.51. The van der Waals surface area contributed by atoms with Crippen molar-refractivity contribution in [1.82, 2.24) is 0 Å². The summed E-state index contributed by atoms with van der Waals surface area (Å²) in [5, 5.41) is 10.9. The second-order valence-corrected chi connectivity index (χ2v) is 10.3. The lowest BCUT2D eigenvalue weighted by atomic mass is 9.86. The average Bonchev–Trinajstić information content (AvgIpc) is 3.24. The molecule has 0 bridgehead atoms. The summed E-state index contributed by atoms with van der Waals surface area (Å²) in [6.45, 7) is 4.92. The summed E-state index contributed by atoms with van der Waals surface area (Å²) in [7, 11) is 3.28. The van der Waals surface area contributed by atoms with E-state index in [4.69, 9.17) is 13.9 Å². The second-order valence-electron chi connectivity index (χ2n) is 7.28. The van der Waals surface area contributed by atoms with Crippen molar-refractivity contribution in [3.05, 3.63) is 22.5 Å². The maximum atomic E-state index is 10.9. The van der Waals surface area contributed by atoms with Crippen LogP contribution in [0.1, 0.15) is 49.7 Å². The summed E-state index contributed by atoms with van der Waals surface area (Å²) < 4.78 is 17.2. The minimum atomic E-state index is -0.534. The second kappa shape index (κ2) is 6.55. The first-order valence-electron chi connectivity index (χ1n) is 8.88. The third kappa shape index (κ3) is 2.59. The van der Waals surface area contributed by atoms with Crippen LogP contribution in [0.5, 0.6) is 5.95 Å². The topological polar surface area (TPSA) is 51.8 Å². The molecule has 1 saturated heterocycles. The van der Waals surface area contributed by atoms with Crippen molar-refractivity contribution in [2.24, 2.45) is 11.8 Å². The molecule has 0 aromatic carbocycles. The molecule has 0 amide bonds. The maximum Gasteiger partial charge on any atom is 0.290 e. The van der Waals surface area contributed by atoms with Crippen LogP contribution in [-0.2, 0) is 11.3 Å². The number of hydrogen-bond donors (Lipinski definition) is 1. The Hall–Kier alpha value is -0.560. The van der Waals surface area contributed by atoms with E-state index in [2.05, 4.69) is 37.4 Å². The van der Waals surface area contributed by atoms with E-state index < -0.39 is 6.10 Å². The summed E-state index contributed by atoms with van der Waals surface area (Å²) in [6, 6.07) is 0. The van der Waals surface area contributed by atoms with Crippen LogP contribution in [-0.4, -0.2) is 34.9 Å². The van der Waals surface area contributed by atoms with Gasteiger partial charge in [0.15, 0.2) is 0 Å². The average molecular weight is 383 g/mol. The summed E-state index contributed by atoms with van der Waals surface area (Å²) >= 11 is 4.17. The number of aliphatic hydroxyl groups is 1. The quantitative estimate of drug-likeness (QED) is 0.832. The monoisotopic (exact) mass is 382 g/mol. The Labute approximate surface area is 157 Å². The molecule has 0 saturated carbocycles. The van der Waals surface area contributed by atoms with E-state index in [-0.39, 0.29) is 4.08 Å². The Balaban J connectivity index is 1.92. The molecule has 3 aliphatic rings. The van der Waals surface area contributed by atoms with Crippen LogP contribution in [0.25, 0.3) is 5.57 Å². The molecule has 4 rings (SSSR count). The van der Waals surface area contributed by atoms with Gasteiger partial charge in [-0.1, -0.05) is 6.92 Å².